The fourth-order valence-corrected chi connectivity index (χ4v) is 2.49. The van der Waals surface area contributed by atoms with Crippen molar-refractivity contribution in [2.24, 2.45) is 0 Å². The molecule has 3 aromatic rings. The Hall–Kier alpha value is -3.74. The Bertz CT molecular complexity index is 920. The van der Waals surface area contributed by atoms with E-state index in [1.165, 1.54) is 18.2 Å². The first kappa shape index (κ1) is 18.1. The number of pyridine rings is 1. The zero-order valence-electron chi connectivity index (χ0n) is 14.4. The second-order valence-corrected chi connectivity index (χ2v) is 5.82. The summed E-state index contributed by atoms with van der Waals surface area (Å²) in [6, 6.07) is 13.3. The number of carbonyl (C=O) groups excluding carboxylic acids is 1. The van der Waals surface area contributed by atoms with Gasteiger partial charge in [0.1, 0.15) is 5.76 Å². The number of furan rings is 1. The molecule has 0 aliphatic carbocycles. The molecule has 0 N–H and O–H groups in total. The lowest BCUT2D eigenvalue weighted by Crippen LogP contribution is -2.28. The molecule has 0 aliphatic heterocycles. The normalized spacial score (nSPS) is 10.8. The Balaban J connectivity index is 1.74. The lowest BCUT2D eigenvalue weighted by molar-refractivity contribution is -0.384. The van der Waals surface area contributed by atoms with E-state index < -0.39 is 4.92 Å². The van der Waals surface area contributed by atoms with Gasteiger partial charge in [0.05, 0.1) is 17.7 Å². The Morgan fingerprint density at radius 3 is 2.59 bits per heavy atom. The van der Waals surface area contributed by atoms with Gasteiger partial charge >= 0.3 is 0 Å². The average Bonchev–Trinajstić information content (AvgIpc) is 3.20. The number of nitro benzene ring substituents is 1. The summed E-state index contributed by atoms with van der Waals surface area (Å²) in [5, 5.41) is 10.7. The maximum atomic E-state index is 12.7. The van der Waals surface area contributed by atoms with Crippen molar-refractivity contribution >= 4 is 17.7 Å². The summed E-state index contributed by atoms with van der Waals surface area (Å²) in [7, 11) is 0. The first-order valence-electron chi connectivity index (χ1n) is 8.24. The topological polar surface area (TPSA) is 89.5 Å². The zero-order chi connectivity index (χ0) is 19.1. The molecular formula is C20H17N3O4. The molecule has 0 unspecified atom stereocenters. The number of aromatic nitrogens is 1. The molecule has 7 heteroatoms. The van der Waals surface area contributed by atoms with Crippen molar-refractivity contribution in [3.63, 3.8) is 0 Å². The van der Waals surface area contributed by atoms with Crippen LogP contribution in [0.15, 0.2) is 77.7 Å². The molecule has 1 amide bonds. The van der Waals surface area contributed by atoms with Crippen molar-refractivity contribution in [3.8, 4) is 0 Å². The van der Waals surface area contributed by atoms with Crippen LogP contribution >= 0.6 is 0 Å². The molecule has 2 heterocycles. The minimum absolute atomic E-state index is 0.00880. The molecule has 7 nitrogen and oxygen atoms in total. The number of non-ortho nitro benzene ring substituents is 1. The third-order valence-corrected chi connectivity index (χ3v) is 3.86. The smallest absolute Gasteiger partial charge is 0.269 e. The number of carbonyl (C=O) groups is 1. The summed E-state index contributed by atoms with van der Waals surface area (Å²) in [5.74, 6) is 0.476. The molecule has 0 bridgehead atoms. The average molecular weight is 363 g/mol. The van der Waals surface area contributed by atoms with E-state index in [4.69, 9.17) is 4.42 Å². The SMILES string of the molecule is O=C(/C=C/c1ccc([N+](=O)[O-])cc1)N(Cc1cccnc1)Cc1ccco1. The van der Waals surface area contributed by atoms with Crippen LogP contribution in [0.4, 0.5) is 5.69 Å². The van der Waals surface area contributed by atoms with Crippen LogP contribution in [-0.4, -0.2) is 20.7 Å². The molecule has 0 radical (unpaired) electrons. The van der Waals surface area contributed by atoms with Gasteiger partial charge in [0, 0.05) is 37.1 Å². The van der Waals surface area contributed by atoms with Gasteiger partial charge in [-0.05, 0) is 47.5 Å². The Morgan fingerprint density at radius 2 is 1.96 bits per heavy atom. The first-order chi connectivity index (χ1) is 13.1. The van der Waals surface area contributed by atoms with Crippen LogP contribution in [0, 0.1) is 10.1 Å². The zero-order valence-corrected chi connectivity index (χ0v) is 14.4. The second kappa shape index (κ2) is 8.57. The van der Waals surface area contributed by atoms with Crippen LogP contribution in [0.3, 0.4) is 0 Å². The molecule has 27 heavy (non-hydrogen) atoms. The van der Waals surface area contributed by atoms with Gasteiger partial charge in [0.15, 0.2) is 0 Å². The second-order valence-electron chi connectivity index (χ2n) is 5.82. The summed E-state index contributed by atoms with van der Waals surface area (Å²) in [5.41, 5.74) is 1.61. The van der Waals surface area contributed by atoms with Crippen LogP contribution in [0.25, 0.3) is 6.08 Å². The van der Waals surface area contributed by atoms with Gasteiger partial charge in [0.25, 0.3) is 5.69 Å². The van der Waals surface area contributed by atoms with Crippen molar-refractivity contribution in [2.75, 3.05) is 0 Å². The number of benzene rings is 1. The number of nitrogens with zero attached hydrogens (tertiary/aromatic N) is 3. The fourth-order valence-electron chi connectivity index (χ4n) is 2.49. The molecule has 3 rings (SSSR count). The summed E-state index contributed by atoms with van der Waals surface area (Å²) in [6.45, 7) is 0.712. The predicted octanol–water partition coefficient (Wildman–Crippen LogP) is 3.83. The van der Waals surface area contributed by atoms with E-state index >= 15 is 0 Å². The van der Waals surface area contributed by atoms with Gasteiger partial charge in [-0.1, -0.05) is 6.07 Å². The van der Waals surface area contributed by atoms with Crippen molar-refractivity contribution in [1.82, 2.24) is 9.88 Å². The number of hydrogen-bond donors (Lipinski definition) is 0. The number of rotatable bonds is 7. The molecule has 0 atom stereocenters. The van der Waals surface area contributed by atoms with Crippen LogP contribution in [0.5, 0.6) is 0 Å². The Morgan fingerprint density at radius 1 is 1.15 bits per heavy atom. The largest absolute Gasteiger partial charge is 0.467 e. The first-order valence-corrected chi connectivity index (χ1v) is 8.24. The molecule has 0 saturated heterocycles. The standard InChI is InChI=1S/C20H17N3O4/c24-20(10-7-16-5-8-18(9-6-16)23(25)26)22(15-19-4-2-12-27-19)14-17-3-1-11-21-13-17/h1-13H,14-15H2/b10-7+. The van der Waals surface area contributed by atoms with E-state index in [0.29, 0.717) is 24.4 Å². The number of amides is 1. The van der Waals surface area contributed by atoms with E-state index in [1.807, 2.05) is 18.2 Å². The van der Waals surface area contributed by atoms with Crippen molar-refractivity contribution < 1.29 is 14.1 Å². The summed E-state index contributed by atoms with van der Waals surface area (Å²) in [4.78, 5) is 28.6. The van der Waals surface area contributed by atoms with Gasteiger partial charge in [-0.25, -0.2) is 0 Å². The quantitative estimate of drug-likeness (QED) is 0.362. The summed E-state index contributed by atoms with van der Waals surface area (Å²) >= 11 is 0. The fraction of sp³-hybridized carbons (Fsp3) is 0.100. The lowest BCUT2D eigenvalue weighted by atomic mass is 10.2. The number of hydrogen-bond acceptors (Lipinski definition) is 5. The highest BCUT2D eigenvalue weighted by atomic mass is 16.6. The third kappa shape index (κ3) is 5.12. The lowest BCUT2D eigenvalue weighted by Gasteiger charge is -2.20. The van der Waals surface area contributed by atoms with Crippen LogP contribution < -0.4 is 0 Å². The van der Waals surface area contributed by atoms with Gasteiger partial charge in [-0.2, -0.15) is 0 Å². The van der Waals surface area contributed by atoms with Crippen molar-refractivity contribution in [2.45, 2.75) is 13.1 Å². The summed E-state index contributed by atoms with van der Waals surface area (Å²) in [6.07, 6.45) is 8.03. The van der Waals surface area contributed by atoms with Crippen LogP contribution in [0.2, 0.25) is 0 Å². The van der Waals surface area contributed by atoms with Gasteiger partial charge in [0.2, 0.25) is 5.91 Å². The highest BCUT2D eigenvalue weighted by Gasteiger charge is 2.14. The van der Waals surface area contributed by atoms with Gasteiger partial charge in [-0.15, -0.1) is 0 Å². The molecule has 0 fully saturated rings. The van der Waals surface area contributed by atoms with E-state index in [1.54, 1.807) is 47.8 Å². The molecular weight excluding hydrogens is 346 g/mol. The highest BCUT2D eigenvalue weighted by molar-refractivity contribution is 5.91. The third-order valence-electron chi connectivity index (χ3n) is 3.86. The van der Waals surface area contributed by atoms with Crippen molar-refractivity contribution in [1.29, 1.82) is 0 Å². The Kier molecular flexibility index (Phi) is 5.73. The van der Waals surface area contributed by atoms with Crippen LogP contribution in [-0.2, 0) is 17.9 Å². The van der Waals surface area contributed by atoms with E-state index in [2.05, 4.69) is 4.98 Å². The maximum absolute atomic E-state index is 12.7. The molecule has 0 spiro atoms. The highest BCUT2D eigenvalue weighted by Crippen LogP contribution is 2.14. The summed E-state index contributed by atoms with van der Waals surface area (Å²) < 4.78 is 5.35. The van der Waals surface area contributed by atoms with Crippen molar-refractivity contribution in [3.05, 3.63) is 100 Å². The van der Waals surface area contributed by atoms with Crippen LogP contribution in [0.1, 0.15) is 16.9 Å². The molecule has 0 saturated carbocycles. The molecule has 136 valence electrons. The van der Waals surface area contributed by atoms with E-state index in [9.17, 15) is 14.9 Å². The minimum atomic E-state index is -0.461. The van der Waals surface area contributed by atoms with E-state index in [0.717, 1.165) is 5.56 Å². The van der Waals surface area contributed by atoms with Gasteiger partial charge in [-0.3, -0.25) is 19.9 Å². The Labute approximate surface area is 155 Å². The maximum Gasteiger partial charge on any atom is 0.269 e. The molecule has 0 aliphatic rings. The number of nitro groups is 1. The predicted molar refractivity (Wildman–Crippen MR) is 99.3 cm³/mol. The molecule has 2 aromatic heterocycles. The van der Waals surface area contributed by atoms with Gasteiger partial charge < -0.3 is 9.32 Å². The minimum Gasteiger partial charge on any atom is -0.467 e. The molecule has 1 aromatic carbocycles. The van der Waals surface area contributed by atoms with E-state index in [-0.39, 0.29) is 11.6 Å². The monoisotopic (exact) mass is 363 g/mol.